The number of hydrogen-bond acceptors (Lipinski definition) is 7. The van der Waals surface area contributed by atoms with E-state index in [4.69, 9.17) is 17.5 Å². The normalized spacial score (nSPS) is 15.5. The highest BCUT2D eigenvalue weighted by Gasteiger charge is 2.44. The lowest BCUT2D eigenvalue weighted by molar-refractivity contribution is -0.116. The van der Waals surface area contributed by atoms with Gasteiger partial charge in [-0.1, -0.05) is 230 Å². The number of carbonyl (C=O) groups excluding carboxylic acids is 1. The molecular weight excluding hydrogens is 869 g/mol. The molecule has 368 valence electrons. The molecule has 0 saturated carbocycles. The van der Waals surface area contributed by atoms with Gasteiger partial charge in [-0.15, -0.1) is 0 Å². The molecule has 0 N–H and O–H groups in total. The summed E-state index contributed by atoms with van der Waals surface area (Å²) >= 11 is 2.62. The molecule has 2 heterocycles. The first-order valence-electron chi connectivity index (χ1n) is 27.9. The van der Waals surface area contributed by atoms with Crippen molar-refractivity contribution in [2.75, 3.05) is 0 Å². The number of hydrogen-bond donors (Lipinski definition) is 0. The summed E-state index contributed by atoms with van der Waals surface area (Å²) < 4.78 is 19.5. The van der Waals surface area contributed by atoms with Crippen molar-refractivity contribution in [2.45, 2.75) is 239 Å². The van der Waals surface area contributed by atoms with Crippen LogP contribution in [0.5, 0.6) is 0 Å². The minimum Gasteiger partial charge on any atom is -0.295 e. The van der Waals surface area contributed by atoms with E-state index in [0.29, 0.717) is 6.42 Å². The lowest BCUT2D eigenvalue weighted by Crippen LogP contribution is -2.25. The van der Waals surface area contributed by atoms with Gasteiger partial charge < -0.3 is 0 Å². The van der Waals surface area contributed by atoms with E-state index in [0.717, 1.165) is 69.2 Å². The summed E-state index contributed by atoms with van der Waals surface area (Å²) in [5.74, 6) is 0.372. The Labute approximate surface area is 420 Å². The zero-order chi connectivity index (χ0) is 47.6. The van der Waals surface area contributed by atoms with Gasteiger partial charge in [-0.2, -0.15) is 17.5 Å². The molecule has 68 heavy (non-hydrogen) atoms. The highest BCUT2D eigenvalue weighted by Crippen LogP contribution is 2.57. The Morgan fingerprint density at radius 2 is 0.985 bits per heavy atom. The molecule has 0 aliphatic heterocycles. The molecule has 0 spiro atoms. The lowest BCUT2D eigenvalue weighted by atomic mass is 9.70. The monoisotopic (exact) mass is 955 g/mol. The van der Waals surface area contributed by atoms with E-state index < -0.39 is 0 Å². The smallest absolute Gasteiger partial charge is 0.159 e. The molecule has 2 aromatic heterocycles. The van der Waals surface area contributed by atoms with Crippen molar-refractivity contribution < 1.29 is 4.79 Å². The molecule has 7 rings (SSSR count). The molecule has 0 bridgehead atoms. The summed E-state index contributed by atoms with van der Waals surface area (Å²) in [7, 11) is 0. The molecule has 2 aliphatic rings. The van der Waals surface area contributed by atoms with Crippen LogP contribution in [0.1, 0.15) is 250 Å². The van der Waals surface area contributed by atoms with Gasteiger partial charge in [-0.05, 0) is 96.2 Å². The van der Waals surface area contributed by atoms with Crippen LogP contribution in [0.15, 0.2) is 60.2 Å². The third kappa shape index (κ3) is 13.2. The summed E-state index contributed by atoms with van der Waals surface area (Å²) in [5.41, 5.74) is 15.9. The Morgan fingerprint density at radius 3 is 1.47 bits per heavy atom. The molecular formula is C61H86N4OS2. The number of unbranched alkanes of at least 4 members (excludes halogenated alkanes) is 26. The zero-order valence-electron chi connectivity index (χ0n) is 43.0. The van der Waals surface area contributed by atoms with E-state index in [9.17, 15) is 4.79 Å². The van der Waals surface area contributed by atoms with Crippen LogP contribution in [0.3, 0.4) is 0 Å². The fourth-order valence-electron chi connectivity index (χ4n) is 12.0. The first kappa shape index (κ1) is 52.3. The van der Waals surface area contributed by atoms with Gasteiger partial charge >= 0.3 is 0 Å². The minimum absolute atomic E-state index is 0.109. The van der Waals surface area contributed by atoms with E-state index in [1.165, 1.54) is 231 Å². The summed E-state index contributed by atoms with van der Waals surface area (Å²) in [5, 5.41) is 0. The van der Waals surface area contributed by atoms with Crippen molar-refractivity contribution in [2.24, 2.45) is 5.92 Å². The maximum absolute atomic E-state index is 13.6. The van der Waals surface area contributed by atoms with Crippen LogP contribution >= 0.6 is 23.5 Å². The minimum atomic E-state index is -0.109. The second-order valence-corrected chi connectivity index (χ2v) is 22.3. The number of ketones is 1. The molecule has 0 saturated heterocycles. The predicted octanol–water partition coefficient (Wildman–Crippen LogP) is 19.7. The van der Waals surface area contributed by atoms with Crippen LogP contribution in [0.4, 0.5) is 0 Å². The average Bonchev–Trinajstić information content (AvgIpc) is 4.09. The predicted molar refractivity (Wildman–Crippen MR) is 295 cm³/mol. The SMILES string of the molecule is C=C(C)C1CC(=O)C(C)=C(c2ccc3nsnc3c2-c2ccc3c(c2)C(CCCCCCCCCCCCCCCC)(CCCCCCCCCCCCCCCC)c2ccc4nsnc4c2-3)C1. The molecule has 0 fully saturated rings. The summed E-state index contributed by atoms with van der Waals surface area (Å²) in [6, 6.07) is 16.3. The first-order valence-corrected chi connectivity index (χ1v) is 29.4. The van der Waals surface area contributed by atoms with Gasteiger partial charge in [-0.25, -0.2) is 0 Å². The Bertz CT molecular complexity index is 2370. The fourth-order valence-corrected chi connectivity index (χ4v) is 13.0. The summed E-state index contributed by atoms with van der Waals surface area (Å²) in [6.07, 6.45) is 42.0. The van der Waals surface area contributed by atoms with E-state index in [1.807, 2.05) is 6.92 Å². The van der Waals surface area contributed by atoms with Crippen molar-refractivity contribution in [1.29, 1.82) is 0 Å². The van der Waals surface area contributed by atoms with Crippen LogP contribution in [0.25, 0.3) is 49.9 Å². The van der Waals surface area contributed by atoms with Crippen LogP contribution < -0.4 is 0 Å². The average molecular weight is 956 g/mol. The molecule has 2 aliphatic carbocycles. The molecule has 7 heteroatoms. The van der Waals surface area contributed by atoms with E-state index in [1.54, 1.807) is 0 Å². The van der Waals surface area contributed by atoms with Crippen molar-refractivity contribution >= 4 is 56.9 Å². The van der Waals surface area contributed by atoms with Crippen molar-refractivity contribution in [3.63, 3.8) is 0 Å². The van der Waals surface area contributed by atoms with Gasteiger partial charge in [0.1, 0.15) is 22.1 Å². The highest BCUT2D eigenvalue weighted by atomic mass is 32.1. The van der Waals surface area contributed by atoms with E-state index in [2.05, 4.69) is 69.8 Å². The molecule has 5 nitrogen and oxygen atoms in total. The van der Waals surface area contributed by atoms with Crippen LogP contribution in [0, 0.1) is 5.92 Å². The number of benzene rings is 3. The van der Waals surface area contributed by atoms with Crippen LogP contribution in [-0.2, 0) is 10.2 Å². The number of allylic oxidation sites excluding steroid dienone is 3. The van der Waals surface area contributed by atoms with Crippen molar-refractivity contribution in [3.05, 3.63) is 76.9 Å². The number of fused-ring (bicyclic) bond motifs is 6. The Hall–Kier alpha value is -3.55. The van der Waals surface area contributed by atoms with Gasteiger partial charge in [0.15, 0.2) is 5.78 Å². The molecule has 3 aromatic carbocycles. The number of aromatic nitrogens is 4. The number of rotatable bonds is 33. The molecule has 0 amide bonds. The summed E-state index contributed by atoms with van der Waals surface area (Å²) in [6.45, 7) is 13.0. The topological polar surface area (TPSA) is 68.6 Å². The molecule has 1 atom stereocenters. The van der Waals surface area contributed by atoms with Crippen molar-refractivity contribution in [3.8, 4) is 22.3 Å². The molecule has 1 unspecified atom stereocenters. The number of nitrogens with zero attached hydrogens (tertiary/aromatic N) is 4. The van der Waals surface area contributed by atoms with Gasteiger partial charge in [0, 0.05) is 23.0 Å². The molecule has 0 radical (unpaired) electrons. The standard InChI is InChI=1S/C61H86N4OS2/c1-6-8-10-12-14-16-18-20-22-24-26-28-30-32-40-61(41-33-31-29-27-25-23-21-19-17-15-13-11-9-7-2)52-37-39-55-60(65-68-63-55)58(52)50-35-34-47(43-53(50)61)57-49(36-38-54-59(57)64-67-62-54)51-42-48(45(3)4)44-56(66)46(51)5/h34-39,43,48H,3,6-33,40-42,44H2,1-2,4-5H3. The van der Waals surface area contributed by atoms with E-state index >= 15 is 0 Å². The Kier molecular flexibility index (Phi) is 20.9. The quantitative estimate of drug-likeness (QED) is 0.0310. The third-order valence-electron chi connectivity index (χ3n) is 16.2. The maximum Gasteiger partial charge on any atom is 0.159 e. The zero-order valence-corrected chi connectivity index (χ0v) is 44.6. The van der Waals surface area contributed by atoms with Gasteiger partial charge in [-0.3, -0.25) is 4.79 Å². The maximum atomic E-state index is 13.6. The second kappa shape index (κ2) is 27.2. The van der Waals surface area contributed by atoms with Gasteiger partial charge in [0.05, 0.1) is 23.5 Å². The van der Waals surface area contributed by atoms with Crippen molar-refractivity contribution in [1.82, 2.24) is 17.5 Å². The second-order valence-electron chi connectivity index (χ2n) is 21.3. The molecule has 5 aromatic rings. The largest absolute Gasteiger partial charge is 0.295 e. The lowest BCUT2D eigenvalue weighted by Gasteiger charge is -2.33. The number of Topliss-reactive ketones (excluding diaryl/α,β-unsaturated/α-hetero) is 1. The van der Waals surface area contributed by atoms with Gasteiger partial charge in [0.2, 0.25) is 0 Å². The Morgan fingerprint density at radius 1 is 0.544 bits per heavy atom. The Balaban J connectivity index is 1.12. The number of carbonyl (C=O) groups is 1. The fraction of sp³-hybridized carbons (Fsp3) is 0.623. The van der Waals surface area contributed by atoms with E-state index in [-0.39, 0.29) is 17.1 Å². The summed E-state index contributed by atoms with van der Waals surface area (Å²) in [4.78, 5) is 13.6. The van der Waals surface area contributed by atoms with Crippen LogP contribution in [-0.4, -0.2) is 23.3 Å². The highest BCUT2D eigenvalue weighted by molar-refractivity contribution is 7.00. The first-order chi connectivity index (χ1) is 33.4. The van der Waals surface area contributed by atoms with Crippen LogP contribution in [0.2, 0.25) is 0 Å². The van der Waals surface area contributed by atoms with Gasteiger partial charge in [0.25, 0.3) is 0 Å². The third-order valence-corrected chi connectivity index (χ3v) is 17.2.